The smallest absolute Gasteiger partial charge is 0.329 e. The molecule has 9 nitrogen and oxygen atoms in total. The summed E-state index contributed by atoms with van der Waals surface area (Å²) < 4.78 is 1.18. The lowest BCUT2D eigenvalue weighted by atomic mass is 10.3. The van der Waals surface area contributed by atoms with Crippen LogP contribution >= 0.6 is 0 Å². The van der Waals surface area contributed by atoms with Crippen LogP contribution in [0.25, 0.3) is 0 Å². The van der Waals surface area contributed by atoms with Crippen LogP contribution in [0.15, 0.2) is 15.9 Å². The van der Waals surface area contributed by atoms with E-state index in [9.17, 15) is 9.59 Å². The van der Waals surface area contributed by atoms with Crippen molar-refractivity contribution in [2.75, 3.05) is 17.6 Å². The molecule has 0 aliphatic heterocycles. The number of anilines is 2. The Labute approximate surface area is 107 Å². The third kappa shape index (κ3) is 2.81. The summed E-state index contributed by atoms with van der Waals surface area (Å²) in [6, 6.07) is 0. The molecule has 2 aromatic rings. The molecule has 0 fully saturated rings. The number of aromatic amines is 2. The van der Waals surface area contributed by atoms with Crippen LogP contribution in [0.4, 0.5) is 11.5 Å². The van der Waals surface area contributed by atoms with E-state index in [0.717, 1.165) is 12.2 Å². The van der Waals surface area contributed by atoms with Crippen molar-refractivity contribution < 1.29 is 0 Å². The van der Waals surface area contributed by atoms with E-state index >= 15 is 0 Å². The fraction of sp³-hybridized carbons (Fsp3) is 0.400. The normalized spacial score (nSPS) is 10.6. The van der Waals surface area contributed by atoms with Gasteiger partial charge in [-0.1, -0.05) is 0 Å². The highest BCUT2D eigenvalue weighted by molar-refractivity contribution is 5.60. The van der Waals surface area contributed by atoms with Crippen molar-refractivity contribution in [1.82, 2.24) is 24.7 Å². The van der Waals surface area contributed by atoms with Gasteiger partial charge in [0.1, 0.15) is 23.7 Å². The van der Waals surface area contributed by atoms with Gasteiger partial charge in [0.15, 0.2) is 0 Å². The molecule has 9 heteroatoms. The van der Waals surface area contributed by atoms with Gasteiger partial charge >= 0.3 is 5.69 Å². The number of nitrogens with zero attached hydrogens (tertiary/aromatic N) is 3. The van der Waals surface area contributed by atoms with Gasteiger partial charge in [0.25, 0.3) is 5.56 Å². The monoisotopic (exact) mass is 265 g/mol. The third-order valence-electron chi connectivity index (χ3n) is 2.73. The number of aryl methyl sites for hydroxylation is 1. The van der Waals surface area contributed by atoms with Crippen molar-refractivity contribution >= 4 is 11.5 Å². The maximum atomic E-state index is 11.6. The number of hydrogen-bond acceptors (Lipinski definition) is 6. The highest BCUT2D eigenvalue weighted by Gasteiger charge is 2.08. The summed E-state index contributed by atoms with van der Waals surface area (Å²) in [6.07, 6.45) is 2.89. The molecule has 2 rings (SSSR count). The van der Waals surface area contributed by atoms with Crippen molar-refractivity contribution in [2.24, 2.45) is 7.05 Å². The van der Waals surface area contributed by atoms with Gasteiger partial charge in [0, 0.05) is 20.0 Å². The largest absolute Gasteiger partial charge is 0.383 e. The third-order valence-corrected chi connectivity index (χ3v) is 2.73. The fourth-order valence-electron chi connectivity index (χ4n) is 1.63. The van der Waals surface area contributed by atoms with Gasteiger partial charge in [0.2, 0.25) is 0 Å². The Bertz CT molecular complexity index is 656. The van der Waals surface area contributed by atoms with Crippen molar-refractivity contribution in [3.63, 3.8) is 0 Å². The number of nitrogens with one attached hydrogen (secondary N) is 3. The molecule has 2 aromatic heterocycles. The Kier molecular flexibility index (Phi) is 3.64. The van der Waals surface area contributed by atoms with E-state index in [2.05, 4.69) is 25.5 Å². The molecule has 5 N–H and O–H groups in total. The number of aromatic nitrogens is 5. The number of nitrogens with two attached hydrogens (primary N) is 1. The average molecular weight is 265 g/mol. The van der Waals surface area contributed by atoms with Crippen LogP contribution in [0.3, 0.4) is 0 Å². The standard InChI is InChI=1S/C10H15N7O2/c1-17-8(11)7(9(18)15-10(17)19)12-4-2-3-6-13-5-14-16-6/h5,12H,2-4,11H2,1H3,(H,13,14,16)(H,15,18,19). The minimum absolute atomic E-state index is 0.119. The van der Waals surface area contributed by atoms with E-state index in [4.69, 9.17) is 5.73 Å². The molecule has 19 heavy (non-hydrogen) atoms. The summed E-state index contributed by atoms with van der Waals surface area (Å²) in [4.78, 5) is 29.0. The van der Waals surface area contributed by atoms with Gasteiger partial charge in [-0.3, -0.25) is 19.4 Å². The first-order valence-corrected chi connectivity index (χ1v) is 5.76. The highest BCUT2D eigenvalue weighted by atomic mass is 16.2. The summed E-state index contributed by atoms with van der Waals surface area (Å²) in [5.41, 5.74) is 4.87. The average Bonchev–Trinajstić information content (AvgIpc) is 2.88. The fourth-order valence-corrected chi connectivity index (χ4v) is 1.63. The molecule has 2 heterocycles. The Balaban J connectivity index is 1.98. The molecule has 102 valence electrons. The zero-order valence-corrected chi connectivity index (χ0v) is 10.4. The Morgan fingerprint density at radius 1 is 1.47 bits per heavy atom. The molecule has 0 unspecified atom stereocenters. The predicted octanol–water partition coefficient (Wildman–Crippen LogP) is -1.18. The van der Waals surface area contributed by atoms with Gasteiger partial charge in [-0.2, -0.15) is 5.10 Å². The topological polar surface area (TPSA) is 134 Å². The first-order chi connectivity index (χ1) is 9.09. The van der Waals surface area contributed by atoms with Crippen LogP contribution in [0.1, 0.15) is 12.2 Å². The van der Waals surface area contributed by atoms with Crippen LogP contribution in [-0.4, -0.2) is 31.3 Å². The lowest BCUT2D eigenvalue weighted by molar-refractivity contribution is 0.790. The van der Waals surface area contributed by atoms with E-state index in [0.29, 0.717) is 13.0 Å². The molecule has 0 aliphatic rings. The SMILES string of the molecule is Cn1c(N)c(NCCCc2ncn[nH]2)c(=O)[nH]c1=O. The Morgan fingerprint density at radius 2 is 2.26 bits per heavy atom. The van der Waals surface area contributed by atoms with Crippen LogP contribution in [0.2, 0.25) is 0 Å². The minimum atomic E-state index is -0.533. The van der Waals surface area contributed by atoms with Gasteiger partial charge in [0.05, 0.1) is 0 Å². The number of rotatable bonds is 5. The van der Waals surface area contributed by atoms with Crippen molar-refractivity contribution in [1.29, 1.82) is 0 Å². The molecular weight excluding hydrogens is 250 g/mol. The zero-order chi connectivity index (χ0) is 13.8. The van der Waals surface area contributed by atoms with E-state index in [1.165, 1.54) is 17.9 Å². The molecule has 0 radical (unpaired) electrons. The summed E-state index contributed by atoms with van der Waals surface area (Å²) in [5, 5.41) is 9.41. The second-order valence-corrected chi connectivity index (χ2v) is 4.04. The first-order valence-electron chi connectivity index (χ1n) is 5.76. The highest BCUT2D eigenvalue weighted by Crippen LogP contribution is 2.08. The molecule has 0 saturated carbocycles. The summed E-state index contributed by atoms with van der Waals surface area (Å²) >= 11 is 0. The molecule has 0 atom stereocenters. The van der Waals surface area contributed by atoms with Crippen LogP contribution in [0.5, 0.6) is 0 Å². The van der Waals surface area contributed by atoms with Crippen molar-refractivity contribution in [3.8, 4) is 0 Å². The van der Waals surface area contributed by atoms with Crippen molar-refractivity contribution in [2.45, 2.75) is 12.8 Å². The van der Waals surface area contributed by atoms with Gasteiger partial charge < -0.3 is 11.1 Å². The van der Waals surface area contributed by atoms with Crippen LogP contribution in [0, 0.1) is 0 Å². The quantitative estimate of drug-likeness (QED) is 0.502. The minimum Gasteiger partial charge on any atom is -0.383 e. The first kappa shape index (κ1) is 12.9. The number of nitrogen functional groups attached to an aromatic ring is 1. The summed E-state index contributed by atoms with van der Waals surface area (Å²) in [7, 11) is 1.49. The molecule has 0 aromatic carbocycles. The zero-order valence-electron chi connectivity index (χ0n) is 10.4. The van der Waals surface area contributed by atoms with E-state index in [1.54, 1.807) is 0 Å². The van der Waals surface area contributed by atoms with E-state index < -0.39 is 11.2 Å². The molecule has 0 bridgehead atoms. The summed E-state index contributed by atoms with van der Waals surface area (Å²) in [6.45, 7) is 0.534. The van der Waals surface area contributed by atoms with Gasteiger partial charge in [-0.25, -0.2) is 9.78 Å². The molecular formula is C10H15N7O2. The Hall–Kier alpha value is -2.58. The lowest BCUT2D eigenvalue weighted by Gasteiger charge is -2.10. The molecule has 0 amide bonds. The second kappa shape index (κ2) is 5.38. The molecule has 0 aliphatic carbocycles. The second-order valence-electron chi connectivity index (χ2n) is 4.04. The maximum absolute atomic E-state index is 11.6. The number of hydrogen-bond donors (Lipinski definition) is 4. The van der Waals surface area contributed by atoms with E-state index in [-0.39, 0.29) is 11.5 Å². The van der Waals surface area contributed by atoms with Crippen LogP contribution in [-0.2, 0) is 13.5 Å². The van der Waals surface area contributed by atoms with Gasteiger partial charge in [-0.15, -0.1) is 0 Å². The van der Waals surface area contributed by atoms with Crippen LogP contribution < -0.4 is 22.3 Å². The van der Waals surface area contributed by atoms with Crippen molar-refractivity contribution in [3.05, 3.63) is 33.0 Å². The molecule has 0 saturated heterocycles. The van der Waals surface area contributed by atoms with E-state index in [1.807, 2.05) is 0 Å². The Morgan fingerprint density at radius 3 is 2.95 bits per heavy atom. The predicted molar refractivity (Wildman–Crippen MR) is 69.9 cm³/mol. The molecule has 0 spiro atoms. The maximum Gasteiger partial charge on any atom is 0.329 e. The van der Waals surface area contributed by atoms with Gasteiger partial charge in [-0.05, 0) is 6.42 Å². The summed E-state index contributed by atoms with van der Waals surface area (Å²) in [5.74, 6) is 0.901. The lowest BCUT2D eigenvalue weighted by Crippen LogP contribution is -2.32. The number of H-pyrrole nitrogens is 2.